The van der Waals surface area contributed by atoms with Gasteiger partial charge in [0.25, 0.3) is 0 Å². The van der Waals surface area contributed by atoms with Crippen LogP contribution in [0.3, 0.4) is 0 Å². The van der Waals surface area contributed by atoms with Gasteiger partial charge in [0.1, 0.15) is 6.04 Å². The first kappa shape index (κ1) is 17.0. The standard InChI is InChI=1S/C16H24N2O3/c1-10-6-8-12(9-7-10)11(2)17-15(21)18-13(14(19)20)16(3,4)5/h6-9,11,13H,1-5H3,(H,19,20)(H2,17,18,21)/t11?,13-/m1/s1. The quantitative estimate of drug-likeness (QED) is 0.798. The summed E-state index contributed by atoms with van der Waals surface area (Å²) in [7, 11) is 0. The number of hydrogen-bond acceptors (Lipinski definition) is 2. The summed E-state index contributed by atoms with van der Waals surface area (Å²) >= 11 is 0. The molecule has 0 bridgehead atoms. The van der Waals surface area contributed by atoms with Gasteiger partial charge >= 0.3 is 12.0 Å². The number of rotatable bonds is 4. The molecule has 116 valence electrons. The molecule has 0 heterocycles. The molecule has 0 radical (unpaired) electrons. The number of benzene rings is 1. The van der Waals surface area contributed by atoms with Crippen LogP contribution in [0.1, 0.15) is 44.9 Å². The predicted octanol–water partition coefficient (Wildman–Crippen LogP) is 2.85. The molecular formula is C16H24N2O3. The van der Waals surface area contributed by atoms with Crippen molar-refractivity contribution in [1.82, 2.24) is 10.6 Å². The molecule has 1 unspecified atom stereocenters. The largest absolute Gasteiger partial charge is 0.480 e. The molecule has 3 N–H and O–H groups in total. The summed E-state index contributed by atoms with van der Waals surface area (Å²) in [6, 6.07) is 6.21. The number of urea groups is 1. The van der Waals surface area contributed by atoms with Gasteiger partial charge < -0.3 is 15.7 Å². The highest BCUT2D eigenvalue weighted by Gasteiger charge is 2.32. The van der Waals surface area contributed by atoms with Gasteiger partial charge in [0.15, 0.2) is 0 Å². The van der Waals surface area contributed by atoms with E-state index in [9.17, 15) is 14.7 Å². The van der Waals surface area contributed by atoms with E-state index in [0.717, 1.165) is 11.1 Å². The fraction of sp³-hybridized carbons (Fsp3) is 0.500. The highest BCUT2D eigenvalue weighted by atomic mass is 16.4. The lowest BCUT2D eigenvalue weighted by Crippen LogP contribution is -2.52. The smallest absolute Gasteiger partial charge is 0.326 e. The highest BCUT2D eigenvalue weighted by molar-refractivity contribution is 5.83. The minimum Gasteiger partial charge on any atom is -0.480 e. The van der Waals surface area contributed by atoms with E-state index in [2.05, 4.69) is 10.6 Å². The number of nitrogens with one attached hydrogen (secondary N) is 2. The van der Waals surface area contributed by atoms with Crippen LogP contribution in [-0.4, -0.2) is 23.1 Å². The molecule has 21 heavy (non-hydrogen) atoms. The molecule has 1 rings (SSSR count). The maximum Gasteiger partial charge on any atom is 0.326 e. The third kappa shape index (κ3) is 5.10. The minimum atomic E-state index is -1.04. The number of aliphatic carboxylic acids is 1. The number of amides is 2. The SMILES string of the molecule is Cc1ccc(C(C)NC(=O)N[C@H](C(=O)O)C(C)(C)C)cc1. The molecule has 2 atom stereocenters. The highest BCUT2D eigenvalue weighted by Crippen LogP contribution is 2.19. The second kappa shape index (κ2) is 6.61. The summed E-state index contributed by atoms with van der Waals surface area (Å²) in [5.41, 5.74) is 1.56. The third-order valence-corrected chi connectivity index (χ3v) is 3.31. The predicted molar refractivity (Wildman–Crippen MR) is 82.1 cm³/mol. The van der Waals surface area contributed by atoms with Gasteiger partial charge in [-0.25, -0.2) is 9.59 Å². The van der Waals surface area contributed by atoms with Crippen molar-refractivity contribution in [3.8, 4) is 0 Å². The van der Waals surface area contributed by atoms with Crippen LogP contribution in [0.15, 0.2) is 24.3 Å². The fourth-order valence-corrected chi connectivity index (χ4v) is 1.96. The lowest BCUT2D eigenvalue weighted by atomic mass is 9.87. The maximum absolute atomic E-state index is 12.0. The van der Waals surface area contributed by atoms with Crippen LogP contribution in [0.25, 0.3) is 0 Å². The van der Waals surface area contributed by atoms with E-state index in [1.807, 2.05) is 38.1 Å². The topological polar surface area (TPSA) is 78.4 Å². The Morgan fingerprint density at radius 2 is 1.62 bits per heavy atom. The monoisotopic (exact) mass is 292 g/mol. The molecule has 0 aliphatic carbocycles. The lowest BCUT2D eigenvalue weighted by Gasteiger charge is -2.28. The van der Waals surface area contributed by atoms with Crippen molar-refractivity contribution < 1.29 is 14.7 Å². The van der Waals surface area contributed by atoms with Gasteiger partial charge in [0.05, 0.1) is 6.04 Å². The molecule has 1 aromatic carbocycles. The van der Waals surface area contributed by atoms with Crippen LogP contribution < -0.4 is 10.6 Å². The summed E-state index contributed by atoms with van der Waals surface area (Å²) in [4.78, 5) is 23.2. The van der Waals surface area contributed by atoms with Crippen molar-refractivity contribution in [3.05, 3.63) is 35.4 Å². The molecular weight excluding hydrogens is 268 g/mol. The number of carbonyl (C=O) groups excluding carboxylic acids is 1. The van der Waals surface area contributed by atoms with Crippen LogP contribution in [0.5, 0.6) is 0 Å². The first-order valence-electron chi connectivity index (χ1n) is 6.97. The number of aryl methyl sites for hydroxylation is 1. The second-order valence-electron chi connectivity index (χ2n) is 6.39. The Labute approximate surface area is 125 Å². The van der Waals surface area contributed by atoms with Crippen molar-refractivity contribution in [2.24, 2.45) is 5.41 Å². The van der Waals surface area contributed by atoms with Gasteiger partial charge in [0.2, 0.25) is 0 Å². The molecule has 0 saturated heterocycles. The minimum absolute atomic E-state index is 0.194. The zero-order valence-corrected chi connectivity index (χ0v) is 13.2. The van der Waals surface area contributed by atoms with Crippen molar-refractivity contribution in [2.75, 3.05) is 0 Å². The van der Waals surface area contributed by atoms with E-state index in [1.165, 1.54) is 0 Å². The Morgan fingerprint density at radius 1 is 1.10 bits per heavy atom. The first-order chi connectivity index (χ1) is 9.61. The van der Waals surface area contributed by atoms with E-state index in [4.69, 9.17) is 0 Å². The van der Waals surface area contributed by atoms with E-state index >= 15 is 0 Å². The molecule has 5 heteroatoms. The van der Waals surface area contributed by atoms with Crippen LogP contribution >= 0.6 is 0 Å². The van der Waals surface area contributed by atoms with Crippen LogP contribution in [-0.2, 0) is 4.79 Å². The molecule has 0 aromatic heterocycles. The van der Waals surface area contributed by atoms with Crippen LogP contribution in [0, 0.1) is 12.3 Å². The Balaban J connectivity index is 2.68. The maximum atomic E-state index is 12.0. The van der Waals surface area contributed by atoms with Gasteiger partial charge in [-0.15, -0.1) is 0 Å². The van der Waals surface area contributed by atoms with Gasteiger partial charge in [-0.1, -0.05) is 50.6 Å². The van der Waals surface area contributed by atoms with E-state index < -0.39 is 23.5 Å². The Hall–Kier alpha value is -2.04. The van der Waals surface area contributed by atoms with Gasteiger partial charge in [-0.2, -0.15) is 0 Å². The number of hydrogen-bond donors (Lipinski definition) is 3. The van der Waals surface area contributed by atoms with Gasteiger partial charge in [-0.05, 0) is 24.8 Å². The Kier molecular flexibility index (Phi) is 5.35. The average Bonchev–Trinajstić information content (AvgIpc) is 2.35. The number of carboxylic acids is 1. The van der Waals surface area contributed by atoms with Crippen molar-refractivity contribution in [3.63, 3.8) is 0 Å². The first-order valence-corrected chi connectivity index (χ1v) is 6.97. The lowest BCUT2D eigenvalue weighted by molar-refractivity contribution is -0.141. The van der Waals surface area contributed by atoms with E-state index in [-0.39, 0.29) is 6.04 Å². The normalized spacial score (nSPS) is 14.1. The molecule has 5 nitrogen and oxygen atoms in total. The summed E-state index contributed by atoms with van der Waals surface area (Å²) in [5.74, 6) is -1.04. The summed E-state index contributed by atoms with van der Waals surface area (Å²) in [6.45, 7) is 9.17. The molecule has 2 amide bonds. The summed E-state index contributed by atoms with van der Waals surface area (Å²) in [5, 5.41) is 14.5. The van der Waals surface area contributed by atoms with Crippen molar-refractivity contribution >= 4 is 12.0 Å². The Morgan fingerprint density at radius 3 is 2.05 bits per heavy atom. The number of carbonyl (C=O) groups is 2. The van der Waals surface area contributed by atoms with E-state index in [1.54, 1.807) is 20.8 Å². The van der Waals surface area contributed by atoms with E-state index in [0.29, 0.717) is 0 Å². The molecule has 0 saturated carbocycles. The molecule has 0 spiro atoms. The average molecular weight is 292 g/mol. The van der Waals surface area contributed by atoms with Crippen molar-refractivity contribution in [2.45, 2.75) is 46.7 Å². The zero-order chi connectivity index (χ0) is 16.2. The Bertz CT molecular complexity index is 503. The molecule has 0 aliphatic rings. The van der Waals surface area contributed by atoms with Gasteiger partial charge in [0, 0.05) is 0 Å². The molecule has 0 aliphatic heterocycles. The van der Waals surface area contributed by atoms with Crippen LogP contribution in [0.4, 0.5) is 4.79 Å². The third-order valence-electron chi connectivity index (χ3n) is 3.31. The summed E-state index contributed by atoms with van der Waals surface area (Å²) < 4.78 is 0. The molecule has 0 fully saturated rings. The second-order valence-corrected chi connectivity index (χ2v) is 6.39. The fourth-order valence-electron chi connectivity index (χ4n) is 1.96. The zero-order valence-electron chi connectivity index (χ0n) is 13.2. The van der Waals surface area contributed by atoms with Crippen molar-refractivity contribution in [1.29, 1.82) is 0 Å². The summed E-state index contributed by atoms with van der Waals surface area (Å²) in [6.07, 6.45) is 0. The van der Waals surface area contributed by atoms with Gasteiger partial charge in [-0.3, -0.25) is 0 Å². The van der Waals surface area contributed by atoms with Crippen LogP contribution in [0.2, 0.25) is 0 Å². The molecule has 1 aromatic rings. The number of carboxylic acid groups (broad SMARTS) is 1.